The number of fused-ring (bicyclic) bond motifs is 1. The Morgan fingerprint density at radius 2 is 2.38 bits per heavy atom. The van der Waals surface area contributed by atoms with Crippen molar-refractivity contribution in [2.75, 3.05) is 6.61 Å². The van der Waals surface area contributed by atoms with Gasteiger partial charge in [0.25, 0.3) is 5.91 Å². The molecule has 0 bridgehead atoms. The van der Waals surface area contributed by atoms with Crippen molar-refractivity contribution in [3.63, 3.8) is 0 Å². The molecule has 0 saturated heterocycles. The Hall–Kier alpha value is -1.55. The maximum atomic E-state index is 10.6. The van der Waals surface area contributed by atoms with Gasteiger partial charge < -0.3 is 15.6 Å². The summed E-state index contributed by atoms with van der Waals surface area (Å²) in [6.07, 6.45) is 2.37. The van der Waals surface area contributed by atoms with Crippen molar-refractivity contribution in [1.82, 2.24) is 0 Å². The first-order valence-electron chi connectivity index (χ1n) is 5.39. The third kappa shape index (κ3) is 2.33. The second-order valence-electron chi connectivity index (χ2n) is 4.02. The number of hydrogen-bond acceptors (Lipinski definition) is 3. The minimum absolute atomic E-state index is 0.110. The van der Waals surface area contributed by atoms with Gasteiger partial charge >= 0.3 is 0 Å². The molecule has 0 fully saturated rings. The molecule has 2 rings (SSSR count). The minimum Gasteiger partial charge on any atom is -0.484 e. The fraction of sp³-hybridized carbons (Fsp3) is 0.417. The van der Waals surface area contributed by atoms with Crippen molar-refractivity contribution >= 4 is 5.91 Å². The molecule has 0 aromatic heterocycles. The van der Waals surface area contributed by atoms with E-state index in [0.717, 1.165) is 30.4 Å². The fourth-order valence-electron chi connectivity index (χ4n) is 2.01. The van der Waals surface area contributed by atoms with Crippen LogP contribution < -0.4 is 10.5 Å². The Kier molecular flexibility index (Phi) is 3.10. The van der Waals surface area contributed by atoms with Crippen molar-refractivity contribution < 1.29 is 14.6 Å². The standard InChI is InChI=1S/C12H15NO3/c13-12(15)7-16-9-4-5-10-8(6-9)2-1-3-11(10)14/h4-6,11,14H,1-3,7H2,(H2,13,15). The number of rotatable bonds is 3. The van der Waals surface area contributed by atoms with E-state index in [2.05, 4.69) is 0 Å². The zero-order chi connectivity index (χ0) is 11.5. The Balaban J connectivity index is 2.15. The molecule has 0 spiro atoms. The van der Waals surface area contributed by atoms with E-state index in [1.165, 1.54) is 0 Å². The first-order valence-corrected chi connectivity index (χ1v) is 5.39. The molecule has 0 heterocycles. The van der Waals surface area contributed by atoms with E-state index in [9.17, 15) is 9.90 Å². The summed E-state index contributed by atoms with van der Waals surface area (Å²) < 4.78 is 5.21. The number of amides is 1. The summed E-state index contributed by atoms with van der Waals surface area (Å²) >= 11 is 0. The molecule has 16 heavy (non-hydrogen) atoms. The molecule has 1 atom stereocenters. The Labute approximate surface area is 94.0 Å². The van der Waals surface area contributed by atoms with Gasteiger partial charge in [-0.05, 0) is 42.5 Å². The first-order chi connectivity index (χ1) is 7.66. The van der Waals surface area contributed by atoms with Crippen molar-refractivity contribution in [3.8, 4) is 5.75 Å². The smallest absolute Gasteiger partial charge is 0.255 e. The van der Waals surface area contributed by atoms with Crippen LogP contribution >= 0.6 is 0 Å². The molecule has 1 unspecified atom stereocenters. The van der Waals surface area contributed by atoms with E-state index < -0.39 is 5.91 Å². The molecule has 1 amide bonds. The van der Waals surface area contributed by atoms with Crippen molar-refractivity contribution in [3.05, 3.63) is 29.3 Å². The molecular weight excluding hydrogens is 206 g/mol. The van der Waals surface area contributed by atoms with Gasteiger partial charge in [0.1, 0.15) is 5.75 Å². The van der Waals surface area contributed by atoms with E-state index in [0.29, 0.717) is 5.75 Å². The number of nitrogens with two attached hydrogens (primary N) is 1. The summed E-state index contributed by atoms with van der Waals surface area (Å²) in [5, 5.41) is 9.76. The van der Waals surface area contributed by atoms with Crippen molar-refractivity contribution in [2.24, 2.45) is 5.73 Å². The number of aliphatic hydroxyl groups is 1. The Morgan fingerprint density at radius 3 is 3.12 bits per heavy atom. The largest absolute Gasteiger partial charge is 0.484 e. The number of carbonyl (C=O) groups excluding carboxylic acids is 1. The van der Waals surface area contributed by atoms with Gasteiger partial charge in [-0.15, -0.1) is 0 Å². The normalized spacial score (nSPS) is 18.9. The molecule has 4 nitrogen and oxygen atoms in total. The highest BCUT2D eigenvalue weighted by atomic mass is 16.5. The third-order valence-corrected chi connectivity index (χ3v) is 2.78. The van der Waals surface area contributed by atoms with Crippen LogP contribution in [0.25, 0.3) is 0 Å². The molecular formula is C12H15NO3. The lowest BCUT2D eigenvalue weighted by Crippen LogP contribution is -2.20. The first kappa shape index (κ1) is 11.0. The number of benzene rings is 1. The Morgan fingerprint density at radius 1 is 1.56 bits per heavy atom. The Bertz CT molecular complexity index is 403. The summed E-state index contributed by atoms with van der Waals surface area (Å²) in [4.78, 5) is 10.6. The lowest BCUT2D eigenvalue weighted by molar-refractivity contribution is -0.119. The highest BCUT2D eigenvalue weighted by Gasteiger charge is 2.18. The van der Waals surface area contributed by atoms with Crippen LogP contribution in [0.3, 0.4) is 0 Å². The third-order valence-electron chi connectivity index (χ3n) is 2.78. The highest BCUT2D eigenvalue weighted by Crippen LogP contribution is 2.31. The molecule has 86 valence electrons. The average molecular weight is 221 g/mol. The number of carbonyl (C=O) groups is 1. The van der Waals surface area contributed by atoms with Crippen LogP contribution in [0.4, 0.5) is 0 Å². The lowest BCUT2D eigenvalue weighted by Gasteiger charge is -2.21. The van der Waals surface area contributed by atoms with E-state index in [4.69, 9.17) is 10.5 Å². The molecule has 3 N–H and O–H groups in total. The molecule has 0 aliphatic heterocycles. The zero-order valence-electron chi connectivity index (χ0n) is 8.98. The summed E-state index contributed by atoms with van der Waals surface area (Å²) in [5.74, 6) is 0.143. The monoisotopic (exact) mass is 221 g/mol. The van der Waals surface area contributed by atoms with Gasteiger partial charge in [0, 0.05) is 0 Å². The molecule has 1 aromatic rings. The van der Waals surface area contributed by atoms with E-state index in [1.807, 2.05) is 12.1 Å². The second-order valence-corrected chi connectivity index (χ2v) is 4.02. The molecule has 0 radical (unpaired) electrons. The van der Waals surface area contributed by atoms with Crippen LogP contribution in [0.1, 0.15) is 30.1 Å². The van der Waals surface area contributed by atoms with Crippen LogP contribution in [0, 0.1) is 0 Å². The SMILES string of the molecule is NC(=O)COc1ccc2c(c1)CCCC2O. The quantitative estimate of drug-likeness (QED) is 0.797. The van der Waals surface area contributed by atoms with Gasteiger partial charge in [0.2, 0.25) is 0 Å². The van der Waals surface area contributed by atoms with Gasteiger partial charge in [-0.25, -0.2) is 0 Å². The van der Waals surface area contributed by atoms with Crippen LogP contribution in [-0.4, -0.2) is 17.6 Å². The molecule has 1 aliphatic rings. The predicted molar refractivity (Wildman–Crippen MR) is 59.0 cm³/mol. The summed E-state index contributed by atoms with van der Waals surface area (Å²) in [5.41, 5.74) is 7.06. The van der Waals surface area contributed by atoms with Gasteiger partial charge in [-0.2, -0.15) is 0 Å². The van der Waals surface area contributed by atoms with E-state index in [1.54, 1.807) is 6.07 Å². The topological polar surface area (TPSA) is 72.6 Å². The number of aryl methyl sites for hydroxylation is 1. The van der Waals surface area contributed by atoms with Gasteiger partial charge in [0.05, 0.1) is 6.10 Å². The highest BCUT2D eigenvalue weighted by molar-refractivity contribution is 5.75. The van der Waals surface area contributed by atoms with Gasteiger partial charge in [0.15, 0.2) is 6.61 Å². The molecule has 1 aliphatic carbocycles. The second kappa shape index (κ2) is 4.53. The zero-order valence-corrected chi connectivity index (χ0v) is 8.98. The van der Waals surface area contributed by atoms with E-state index >= 15 is 0 Å². The van der Waals surface area contributed by atoms with Crippen molar-refractivity contribution in [2.45, 2.75) is 25.4 Å². The lowest BCUT2D eigenvalue weighted by atomic mass is 9.89. The van der Waals surface area contributed by atoms with E-state index in [-0.39, 0.29) is 12.7 Å². The molecule has 4 heteroatoms. The van der Waals surface area contributed by atoms with Gasteiger partial charge in [-0.3, -0.25) is 4.79 Å². The predicted octanol–water partition coefficient (Wildman–Crippen LogP) is 0.920. The maximum absolute atomic E-state index is 10.6. The van der Waals surface area contributed by atoms with Crippen LogP contribution in [0.2, 0.25) is 0 Å². The molecule has 1 aromatic carbocycles. The van der Waals surface area contributed by atoms with Crippen LogP contribution in [0.15, 0.2) is 18.2 Å². The minimum atomic E-state index is -0.488. The number of hydrogen-bond donors (Lipinski definition) is 2. The number of primary amides is 1. The van der Waals surface area contributed by atoms with Crippen molar-refractivity contribution in [1.29, 1.82) is 0 Å². The summed E-state index contributed by atoms with van der Waals surface area (Å²) in [7, 11) is 0. The van der Waals surface area contributed by atoms with Crippen LogP contribution in [0.5, 0.6) is 5.75 Å². The summed E-state index contributed by atoms with van der Waals surface area (Å²) in [6, 6.07) is 5.49. The maximum Gasteiger partial charge on any atom is 0.255 e. The van der Waals surface area contributed by atoms with Gasteiger partial charge in [-0.1, -0.05) is 6.07 Å². The number of ether oxygens (including phenoxy) is 1. The fourth-order valence-corrected chi connectivity index (χ4v) is 2.01. The summed E-state index contributed by atoms with van der Waals surface area (Å²) in [6.45, 7) is -0.110. The molecule has 0 saturated carbocycles. The number of aliphatic hydroxyl groups excluding tert-OH is 1. The van der Waals surface area contributed by atoms with Crippen LogP contribution in [-0.2, 0) is 11.2 Å². The average Bonchev–Trinajstić information content (AvgIpc) is 2.26.